The molecule has 0 saturated carbocycles. The highest BCUT2D eigenvalue weighted by molar-refractivity contribution is 7.71. The Kier molecular flexibility index (Phi) is 3.21. The molecule has 0 aliphatic carbocycles. The molecule has 5 nitrogen and oxygen atoms in total. The van der Waals surface area contributed by atoms with Crippen LogP contribution >= 0.6 is 12.2 Å². The van der Waals surface area contributed by atoms with Crippen LogP contribution in [0.2, 0.25) is 0 Å². The Morgan fingerprint density at radius 1 is 1.85 bits per heavy atom. The molecule has 1 aromatic heterocycles. The third kappa shape index (κ3) is 3.00. The Hall–Kier alpha value is -1.14. The number of amides is 1. The summed E-state index contributed by atoms with van der Waals surface area (Å²) in [5, 5.41) is 11.4. The van der Waals surface area contributed by atoms with Crippen molar-refractivity contribution < 1.29 is 9.90 Å². The summed E-state index contributed by atoms with van der Waals surface area (Å²) in [6, 6.07) is 0. The lowest BCUT2D eigenvalue weighted by molar-refractivity contribution is 0.0919. The zero-order valence-electron chi connectivity index (χ0n) is 7.13. The molecule has 13 heavy (non-hydrogen) atoms. The van der Waals surface area contributed by atoms with E-state index in [0.29, 0.717) is 10.5 Å². The molecule has 0 aliphatic heterocycles. The summed E-state index contributed by atoms with van der Waals surface area (Å²) in [5.74, 6) is -0.284. The second kappa shape index (κ2) is 4.20. The van der Waals surface area contributed by atoms with Crippen LogP contribution in [0.25, 0.3) is 0 Å². The van der Waals surface area contributed by atoms with E-state index in [1.165, 1.54) is 6.20 Å². The van der Waals surface area contributed by atoms with Crippen LogP contribution in [0.15, 0.2) is 6.20 Å². The Balaban J connectivity index is 2.54. The minimum absolute atomic E-state index is 0.227. The lowest BCUT2D eigenvalue weighted by Crippen LogP contribution is -2.30. The van der Waals surface area contributed by atoms with Crippen LogP contribution in [0, 0.1) is 4.77 Å². The largest absolute Gasteiger partial charge is 0.392 e. The number of hydrogen-bond donors (Lipinski definition) is 4. The number of hydrogen-bond acceptors (Lipinski definition) is 3. The van der Waals surface area contributed by atoms with E-state index in [1.807, 2.05) is 0 Å². The van der Waals surface area contributed by atoms with Crippen molar-refractivity contribution in [3.8, 4) is 0 Å². The van der Waals surface area contributed by atoms with Crippen LogP contribution in [-0.4, -0.2) is 33.6 Å². The highest BCUT2D eigenvalue weighted by Crippen LogP contribution is 1.92. The van der Waals surface area contributed by atoms with E-state index in [1.54, 1.807) is 6.92 Å². The molecule has 6 heteroatoms. The molecule has 4 N–H and O–H groups in total. The summed E-state index contributed by atoms with van der Waals surface area (Å²) in [4.78, 5) is 16.6. The summed E-state index contributed by atoms with van der Waals surface area (Å²) in [5.41, 5.74) is 0.366. The van der Waals surface area contributed by atoms with E-state index in [0.717, 1.165) is 0 Å². The maximum Gasteiger partial charge on any atom is 0.269 e. The number of aliphatic hydroxyl groups is 1. The molecule has 0 bridgehead atoms. The fraction of sp³-hybridized carbons (Fsp3) is 0.429. The van der Waals surface area contributed by atoms with Gasteiger partial charge in [-0.05, 0) is 19.1 Å². The first-order chi connectivity index (χ1) is 6.09. The van der Waals surface area contributed by atoms with Crippen LogP contribution in [0.5, 0.6) is 0 Å². The minimum Gasteiger partial charge on any atom is -0.392 e. The van der Waals surface area contributed by atoms with Crippen LogP contribution < -0.4 is 5.32 Å². The maximum absolute atomic E-state index is 11.2. The molecule has 1 heterocycles. The fourth-order valence-electron chi connectivity index (χ4n) is 0.790. The molecular formula is C7H11N3O2S. The van der Waals surface area contributed by atoms with Gasteiger partial charge < -0.3 is 20.4 Å². The minimum atomic E-state index is -0.550. The summed E-state index contributed by atoms with van der Waals surface area (Å²) < 4.78 is 0.405. The number of rotatable bonds is 3. The van der Waals surface area contributed by atoms with Crippen molar-refractivity contribution in [1.82, 2.24) is 15.3 Å². The summed E-state index contributed by atoms with van der Waals surface area (Å²) in [6.07, 6.45) is 0.936. The Labute approximate surface area is 80.2 Å². The van der Waals surface area contributed by atoms with Gasteiger partial charge in [0, 0.05) is 12.7 Å². The van der Waals surface area contributed by atoms with Crippen molar-refractivity contribution in [2.75, 3.05) is 6.54 Å². The second-order valence-corrected chi connectivity index (χ2v) is 3.12. The van der Waals surface area contributed by atoms with Gasteiger partial charge in [0.15, 0.2) is 4.77 Å². The number of aromatic amines is 2. The van der Waals surface area contributed by atoms with Gasteiger partial charge in [-0.25, -0.2) is 0 Å². The van der Waals surface area contributed by atoms with Crippen LogP contribution in [-0.2, 0) is 0 Å². The highest BCUT2D eigenvalue weighted by atomic mass is 32.1. The smallest absolute Gasteiger partial charge is 0.269 e. The number of imidazole rings is 1. The quantitative estimate of drug-likeness (QED) is 0.527. The number of carbonyl (C=O) groups excluding carboxylic acids is 1. The van der Waals surface area contributed by atoms with Gasteiger partial charge in [0.1, 0.15) is 5.69 Å². The molecular weight excluding hydrogens is 190 g/mol. The normalized spacial score (nSPS) is 12.5. The fourth-order valence-corrected chi connectivity index (χ4v) is 0.959. The average molecular weight is 201 g/mol. The lowest BCUT2D eigenvalue weighted by atomic mass is 10.4. The molecule has 1 atom stereocenters. The Bertz CT molecular complexity index is 342. The van der Waals surface area contributed by atoms with E-state index >= 15 is 0 Å². The van der Waals surface area contributed by atoms with Gasteiger partial charge in [-0.15, -0.1) is 0 Å². The number of H-pyrrole nitrogens is 2. The van der Waals surface area contributed by atoms with E-state index in [-0.39, 0.29) is 12.5 Å². The van der Waals surface area contributed by atoms with Gasteiger partial charge in [-0.3, -0.25) is 4.79 Å². The molecule has 1 aromatic rings. The first kappa shape index (κ1) is 9.94. The van der Waals surface area contributed by atoms with Crippen molar-refractivity contribution in [3.05, 3.63) is 16.7 Å². The van der Waals surface area contributed by atoms with E-state index in [9.17, 15) is 4.79 Å². The van der Waals surface area contributed by atoms with Gasteiger partial charge in [-0.2, -0.15) is 0 Å². The predicted molar refractivity (Wildman–Crippen MR) is 50.0 cm³/mol. The number of aliphatic hydroxyl groups excluding tert-OH is 1. The topological polar surface area (TPSA) is 80.9 Å². The SMILES string of the molecule is CC(O)CNC(=O)c1c[nH]c(=S)[nH]1. The monoisotopic (exact) mass is 201 g/mol. The molecule has 0 saturated heterocycles. The summed E-state index contributed by atoms with van der Waals surface area (Å²) in [6.45, 7) is 1.82. The molecule has 0 fully saturated rings. The lowest BCUT2D eigenvalue weighted by Gasteiger charge is -2.04. The number of nitrogens with one attached hydrogen (secondary N) is 3. The Morgan fingerprint density at radius 2 is 2.54 bits per heavy atom. The molecule has 1 amide bonds. The van der Waals surface area contributed by atoms with Gasteiger partial charge in [0.2, 0.25) is 0 Å². The molecule has 72 valence electrons. The van der Waals surface area contributed by atoms with E-state index < -0.39 is 6.10 Å². The van der Waals surface area contributed by atoms with Crippen molar-refractivity contribution in [2.45, 2.75) is 13.0 Å². The zero-order valence-corrected chi connectivity index (χ0v) is 7.94. The third-order valence-corrected chi connectivity index (χ3v) is 1.62. The Morgan fingerprint density at radius 3 is 3.00 bits per heavy atom. The van der Waals surface area contributed by atoms with Crippen LogP contribution in [0.3, 0.4) is 0 Å². The standard InChI is InChI=1S/C7H11N3O2S/c1-4(11)2-8-6(12)5-3-9-7(13)10-5/h3-4,11H,2H2,1H3,(H,8,12)(H2,9,10,13). The second-order valence-electron chi connectivity index (χ2n) is 2.72. The average Bonchev–Trinajstić information content (AvgIpc) is 2.47. The number of aromatic nitrogens is 2. The van der Waals surface area contributed by atoms with Gasteiger partial charge >= 0.3 is 0 Å². The molecule has 0 spiro atoms. The van der Waals surface area contributed by atoms with Gasteiger partial charge in [-0.1, -0.05) is 0 Å². The molecule has 1 rings (SSSR count). The van der Waals surface area contributed by atoms with Crippen molar-refractivity contribution in [1.29, 1.82) is 0 Å². The highest BCUT2D eigenvalue weighted by Gasteiger charge is 2.06. The third-order valence-electron chi connectivity index (χ3n) is 1.40. The van der Waals surface area contributed by atoms with Crippen molar-refractivity contribution >= 4 is 18.1 Å². The zero-order chi connectivity index (χ0) is 9.84. The number of carbonyl (C=O) groups is 1. The molecule has 0 aliphatic rings. The van der Waals surface area contributed by atoms with Gasteiger partial charge in [0.05, 0.1) is 6.10 Å². The van der Waals surface area contributed by atoms with E-state index in [2.05, 4.69) is 15.3 Å². The molecule has 0 radical (unpaired) electrons. The van der Waals surface area contributed by atoms with E-state index in [4.69, 9.17) is 17.3 Å². The predicted octanol–water partition coefficient (Wildman–Crippen LogP) is 0.183. The molecule has 1 unspecified atom stereocenters. The first-order valence-electron chi connectivity index (χ1n) is 3.83. The van der Waals surface area contributed by atoms with Crippen molar-refractivity contribution in [3.63, 3.8) is 0 Å². The van der Waals surface area contributed by atoms with Crippen LogP contribution in [0.4, 0.5) is 0 Å². The summed E-state index contributed by atoms with van der Waals surface area (Å²) >= 11 is 4.75. The van der Waals surface area contributed by atoms with Gasteiger partial charge in [0.25, 0.3) is 5.91 Å². The first-order valence-corrected chi connectivity index (χ1v) is 4.24. The summed E-state index contributed by atoms with van der Waals surface area (Å²) in [7, 11) is 0. The maximum atomic E-state index is 11.2. The van der Waals surface area contributed by atoms with Crippen molar-refractivity contribution in [2.24, 2.45) is 0 Å². The van der Waals surface area contributed by atoms with Crippen LogP contribution in [0.1, 0.15) is 17.4 Å². The molecule has 0 aromatic carbocycles.